The maximum absolute atomic E-state index is 12.7. The van der Waals surface area contributed by atoms with Gasteiger partial charge in [0.05, 0.1) is 23.0 Å². The Hall–Kier alpha value is -2.45. The number of nitrogens with zero attached hydrogens (tertiary/aromatic N) is 1. The molecule has 0 saturated heterocycles. The standard InChI is InChI=1S/C21H15IN2O2S/c1-26-15-6-4-5-13(11-15)20(25)23-17-10-9-14(22)12-16(17)21-24-18-7-2-3-8-19(18)27-21/h2-12H,1H3,(H,23,25). The number of amides is 1. The summed E-state index contributed by atoms with van der Waals surface area (Å²) in [5, 5.41) is 3.90. The summed E-state index contributed by atoms with van der Waals surface area (Å²) in [6.45, 7) is 0. The summed E-state index contributed by atoms with van der Waals surface area (Å²) in [6, 6.07) is 21.1. The first-order valence-electron chi connectivity index (χ1n) is 8.25. The van der Waals surface area contributed by atoms with E-state index in [-0.39, 0.29) is 5.91 Å². The zero-order chi connectivity index (χ0) is 18.8. The average Bonchev–Trinajstić information content (AvgIpc) is 3.13. The van der Waals surface area contributed by atoms with Gasteiger partial charge >= 0.3 is 0 Å². The SMILES string of the molecule is COc1cccc(C(=O)Nc2ccc(I)cc2-c2nc3ccccc3s2)c1. The Balaban J connectivity index is 1.72. The lowest BCUT2D eigenvalue weighted by Crippen LogP contribution is -2.12. The van der Waals surface area contributed by atoms with Gasteiger partial charge in [-0.2, -0.15) is 0 Å². The van der Waals surface area contributed by atoms with Crippen molar-refractivity contribution in [3.05, 3.63) is 75.9 Å². The highest BCUT2D eigenvalue weighted by atomic mass is 127. The fraction of sp³-hybridized carbons (Fsp3) is 0.0476. The van der Waals surface area contributed by atoms with E-state index in [0.717, 1.165) is 30.0 Å². The Bertz CT molecular complexity index is 1110. The van der Waals surface area contributed by atoms with Crippen molar-refractivity contribution >= 4 is 55.7 Å². The quantitative estimate of drug-likeness (QED) is 0.370. The number of hydrogen-bond donors (Lipinski definition) is 1. The molecule has 1 amide bonds. The predicted molar refractivity (Wildman–Crippen MR) is 119 cm³/mol. The summed E-state index contributed by atoms with van der Waals surface area (Å²) >= 11 is 3.89. The van der Waals surface area contributed by atoms with Gasteiger partial charge in [0.1, 0.15) is 10.8 Å². The Morgan fingerprint density at radius 3 is 2.74 bits per heavy atom. The molecule has 0 aliphatic heterocycles. The van der Waals surface area contributed by atoms with Gasteiger partial charge < -0.3 is 10.1 Å². The van der Waals surface area contributed by atoms with Crippen LogP contribution in [0.1, 0.15) is 10.4 Å². The molecule has 0 atom stereocenters. The van der Waals surface area contributed by atoms with Crippen molar-refractivity contribution in [3.8, 4) is 16.3 Å². The third-order valence-electron chi connectivity index (χ3n) is 4.09. The van der Waals surface area contributed by atoms with Crippen molar-refractivity contribution in [1.29, 1.82) is 0 Å². The Morgan fingerprint density at radius 2 is 1.93 bits per heavy atom. The number of rotatable bonds is 4. The molecule has 1 heterocycles. The highest BCUT2D eigenvalue weighted by Gasteiger charge is 2.14. The molecule has 3 aromatic carbocycles. The first kappa shape index (κ1) is 17.9. The topological polar surface area (TPSA) is 51.2 Å². The van der Waals surface area contributed by atoms with Crippen LogP contribution in [-0.2, 0) is 0 Å². The lowest BCUT2D eigenvalue weighted by molar-refractivity contribution is 0.102. The van der Waals surface area contributed by atoms with Crippen LogP contribution in [0.2, 0.25) is 0 Å². The predicted octanol–water partition coefficient (Wildman–Crippen LogP) is 5.83. The molecule has 0 aliphatic carbocycles. The van der Waals surface area contributed by atoms with Gasteiger partial charge in [-0.3, -0.25) is 4.79 Å². The number of fused-ring (bicyclic) bond motifs is 1. The van der Waals surface area contributed by atoms with Gasteiger partial charge in [0.2, 0.25) is 0 Å². The van der Waals surface area contributed by atoms with Crippen LogP contribution in [0, 0.1) is 3.57 Å². The summed E-state index contributed by atoms with van der Waals surface area (Å²) in [5.41, 5.74) is 3.16. The molecule has 4 aromatic rings. The third-order valence-corrected chi connectivity index (χ3v) is 5.83. The number of carbonyl (C=O) groups is 1. The van der Waals surface area contributed by atoms with Gasteiger partial charge in [-0.25, -0.2) is 4.98 Å². The van der Waals surface area contributed by atoms with Crippen molar-refractivity contribution in [1.82, 2.24) is 4.98 Å². The van der Waals surface area contributed by atoms with E-state index >= 15 is 0 Å². The normalized spacial score (nSPS) is 10.7. The molecule has 27 heavy (non-hydrogen) atoms. The van der Waals surface area contributed by atoms with E-state index in [1.165, 1.54) is 0 Å². The Kier molecular flexibility index (Phi) is 5.09. The first-order chi connectivity index (χ1) is 13.1. The molecule has 4 rings (SSSR count). The van der Waals surface area contributed by atoms with Crippen LogP contribution in [0.25, 0.3) is 20.8 Å². The van der Waals surface area contributed by atoms with E-state index in [9.17, 15) is 4.79 Å². The molecule has 6 heteroatoms. The highest BCUT2D eigenvalue weighted by Crippen LogP contribution is 2.35. The minimum Gasteiger partial charge on any atom is -0.497 e. The number of aromatic nitrogens is 1. The summed E-state index contributed by atoms with van der Waals surface area (Å²) in [7, 11) is 1.58. The van der Waals surface area contributed by atoms with E-state index in [0.29, 0.717) is 11.3 Å². The Morgan fingerprint density at radius 1 is 1.07 bits per heavy atom. The molecule has 0 saturated carbocycles. The second-order valence-electron chi connectivity index (χ2n) is 5.86. The lowest BCUT2D eigenvalue weighted by Gasteiger charge is -2.11. The minimum atomic E-state index is -0.183. The monoisotopic (exact) mass is 486 g/mol. The van der Waals surface area contributed by atoms with Crippen LogP contribution in [0.3, 0.4) is 0 Å². The molecule has 0 radical (unpaired) electrons. The van der Waals surface area contributed by atoms with Gasteiger partial charge in [0, 0.05) is 14.7 Å². The van der Waals surface area contributed by atoms with Crippen LogP contribution < -0.4 is 10.1 Å². The molecule has 0 spiro atoms. The molecule has 0 bridgehead atoms. The molecular formula is C21H15IN2O2S. The van der Waals surface area contributed by atoms with E-state index in [1.807, 2.05) is 42.5 Å². The van der Waals surface area contributed by atoms with Crippen molar-refractivity contribution in [2.75, 3.05) is 12.4 Å². The summed E-state index contributed by atoms with van der Waals surface area (Å²) < 4.78 is 7.41. The van der Waals surface area contributed by atoms with E-state index in [2.05, 4.69) is 34.0 Å². The number of nitrogens with one attached hydrogen (secondary N) is 1. The van der Waals surface area contributed by atoms with Gasteiger partial charge in [0.25, 0.3) is 5.91 Å². The average molecular weight is 486 g/mol. The molecule has 0 fully saturated rings. The number of ether oxygens (including phenoxy) is 1. The molecular weight excluding hydrogens is 471 g/mol. The van der Waals surface area contributed by atoms with Crippen LogP contribution in [0.15, 0.2) is 66.7 Å². The number of para-hydroxylation sites is 1. The molecule has 4 nitrogen and oxygen atoms in total. The van der Waals surface area contributed by atoms with Gasteiger partial charge in [0.15, 0.2) is 0 Å². The van der Waals surface area contributed by atoms with Gasteiger partial charge in [-0.15, -0.1) is 11.3 Å². The zero-order valence-corrected chi connectivity index (χ0v) is 17.4. The number of benzene rings is 3. The summed E-state index contributed by atoms with van der Waals surface area (Å²) in [4.78, 5) is 17.5. The molecule has 0 unspecified atom stereocenters. The smallest absolute Gasteiger partial charge is 0.255 e. The maximum atomic E-state index is 12.7. The number of hydrogen-bond acceptors (Lipinski definition) is 4. The number of anilines is 1. The number of halogens is 1. The zero-order valence-electron chi connectivity index (χ0n) is 14.4. The van der Waals surface area contributed by atoms with E-state index in [1.54, 1.807) is 36.6 Å². The van der Waals surface area contributed by atoms with E-state index in [4.69, 9.17) is 9.72 Å². The second kappa shape index (κ2) is 7.66. The van der Waals surface area contributed by atoms with Crippen molar-refractivity contribution in [2.24, 2.45) is 0 Å². The number of thiazole rings is 1. The fourth-order valence-electron chi connectivity index (χ4n) is 2.75. The van der Waals surface area contributed by atoms with Crippen LogP contribution in [-0.4, -0.2) is 18.0 Å². The second-order valence-corrected chi connectivity index (χ2v) is 8.14. The van der Waals surface area contributed by atoms with Gasteiger partial charge in [-0.05, 0) is 71.1 Å². The molecule has 1 aromatic heterocycles. The lowest BCUT2D eigenvalue weighted by atomic mass is 10.1. The van der Waals surface area contributed by atoms with Crippen molar-refractivity contribution in [2.45, 2.75) is 0 Å². The van der Waals surface area contributed by atoms with Crippen molar-refractivity contribution < 1.29 is 9.53 Å². The summed E-state index contributed by atoms with van der Waals surface area (Å²) in [5.74, 6) is 0.467. The van der Waals surface area contributed by atoms with Crippen LogP contribution >= 0.6 is 33.9 Å². The highest BCUT2D eigenvalue weighted by molar-refractivity contribution is 14.1. The van der Waals surface area contributed by atoms with Gasteiger partial charge in [-0.1, -0.05) is 18.2 Å². The largest absolute Gasteiger partial charge is 0.497 e. The first-order valence-corrected chi connectivity index (χ1v) is 10.1. The molecule has 0 aliphatic rings. The molecule has 1 N–H and O–H groups in total. The Labute approximate surface area is 174 Å². The van der Waals surface area contributed by atoms with E-state index < -0.39 is 0 Å². The number of carbonyl (C=O) groups excluding carboxylic acids is 1. The minimum absolute atomic E-state index is 0.183. The fourth-order valence-corrected chi connectivity index (χ4v) is 4.24. The molecule has 134 valence electrons. The third kappa shape index (κ3) is 3.81. The van der Waals surface area contributed by atoms with Crippen LogP contribution in [0.4, 0.5) is 5.69 Å². The number of methoxy groups -OCH3 is 1. The summed E-state index contributed by atoms with van der Waals surface area (Å²) in [6.07, 6.45) is 0. The van der Waals surface area contributed by atoms with Crippen LogP contribution in [0.5, 0.6) is 5.75 Å². The maximum Gasteiger partial charge on any atom is 0.255 e. The van der Waals surface area contributed by atoms with Crippen molar-refractivity contribution in [3.63, 3.8) is 0 Å².